The standard InChI is InChI=1S/C16H26N4S.HI/c1-13(11-18-16(17-2)19-7-3-4-8-19)20-9-5-15-14(12-20)6-10-21-15;/h6,10,13H,3-5,7-9,11-12H2,1-2H3,(H,17,18);1H. The Morgan fingerprint density at radius 3 is 2.86 bits per heavy atom. The second-order valence-corrected chi connectivity index (χ2v) is 7.06. The number of rotatable bonds is 3. The molecule has 1 N–H and O–H groups in total. The van der Waals surface area contributed by atoms with Crippen molar-refractivity contribution in [3.8, 4) is 0 Å². The smallest absolute Gasteiger partial charge is 0.193 e. The van der Waals surface area contributed by atoms with Crippen LogP contribution in [0.5, 0.6) is 0 Å². The van der Waals surface area contributed by atoms with Crippen molar-refractivity contribution in [2.24, 2.45) is 4.99 Å². The van der Waals surface area contributed by atoms with E-state index in [9.17, 15) is 0 Å². The highest BCUT2D eigenvalue weighted by molar-refractivity contribution is 14.0. The number of halogens is 1. The van der Waals surface area contributed by atoms with Crippen LogP contribution in [0.25, 0.3) is 0 Å². The van der Waals surface area contributed by atoms with Crippen LogP contribution in [0.3, 0.4) is 0 Å². The molecule has 0 bridgehead atoms. The summed E-state index contributed by atoms with van der Waals surface area (Å²) in [7, 11) is 1.89. The molecule has 3 heterocycles. The Kier molecular flexibility index (Phi) is 6.95. The SMILES string of the molecule is CN=C(NCC(C)N1CCc2sccc2C1)N1CCCC1.I. The lowest BCUT2D eigenvalue weighted by atomic mass is 10.1. The summed E-state index contributed by atoms with van der Waals surface area (Å²) in [6.07, 6.45) is 3.80. The minimum Gasteiger partial charge on any atom is -0.355 e. The van der Waals surface area contributed by atoms with Gasteiger partial charge in [0, 0.05) is 50.7 Å². The largest absolute Gasteiger partial charge is 0.355 e. The van der Waals surface area contributed by atoms with Crippen LogP contribution in [0.2, 0.25) is 0 Å². The molecule has 1 fully saturated rings. The van der Waals surface area contributed by atoms with E-state index in [0.29, 0.717) is 6.04 Å². The fraction of sp³-hybridized carbons (Fsp3) is 0.688. The van der Waals surface area contributed by atoms with Gasteiger partial charge in [-0.3, -0.25) is 9.89 Å². The Balaban J connectivity index is 0.00000176. The van der Waals surface area contributed by atoms with Crippen LogP contribution >= 0.6 is 35.3 Å². The molecule has 1 unspecified atom stereocenters. The number of nitrogens with one attached hydrogen (secondary N) is 1. The minimum absolute atomic E-state index is 0. The molecule has 0 amide bonds. The summed E-state index contributed by atoms with van der Waals surface area (Å²) in [5.74, 6) is 1.08. The maximum atomic E-state index is 4.43. The van der Waals surface area contributed by atoms with Crippen LogP contribution in [0.15, 0.2) is 16.4 Å². The van der Waals surface area contributed by atoms with E-state index in [4.69, 9.17) is 0 Å². The molecule has 0 aromatic carbocycles. The first kappa shape index (κ1) is 18.0. The van der Waals surface area contributed by atoms with E-state index in [1.54, 1.807) is 4.88 Å². The van der Waals surface area contributed by atoms with Crippen molar-refractivity contribution in [2.45, 2.75) is 38.8 Å². The molecule has 0 saturated carbocycles. The highest BCUT2D eigenvalue weighted by Crippen LogP contribution is 2.24. The van der Waals surface area contributed by atoms with Gasteiger partial charge < -0.3 is 10.2 Å². The second-order valence-electron chi connectivity index (χ2n) is 6.06. The first-order valence-electron chi connectivity index (χ1n) is 8.03. The topological polar surface area (TPSA) is 30.9 Å². The van der Waals surface area contributed by atoms with Gasteiger partial charge in [-0.15, -0.1) is 35.3 Å². The fourth-order valence-corrected chi connectivity index (χ4v) is 4.17. The fourth-order valence-electron chi connectivity index (χ4n) is 3.28. The molecule has 1 aromatic heterocycles. The zero-order valence-corrected chi connectivity index (χ0v) is 16.7. The maximum absolute atomic E-state index is 4.43. The van der Waals surface area contributed by atoms with E-state index in [1.165, 1.54) is 31.4 Å². The van der Waals surface area contributed by atoms with E-state index in [2.05, 4.69) is 38.5 Å². The van der Waals surface area contributed by atoms with Crippen LogP contribution in [-0.4, -0.2) is 55.0 Å². The summed E-state index contributed by atoms with van der Waals surface area (Å²) in [6, 6.07) is 2.83. The monoisotopic (exact) mass is 434 g/mol. The minimum atomic E-state index is 0. The van der Waals surface area contributed by atoms with Gasteiger partial charge in [-0.2, -0.15) is 0 Å². The third-order valence-electron chi connectivity index (χ3n) is 4.63. The van der Waals surface area contributed by atoms with Crippen molar-refractivity contribution in [1.29, 1.82) is 0 Å². The molecule has 3 rings (SSSR count). The van der Waals surface area contributed by atoms with E-state index in [1.807, 2.05) is 18.4 Å². The van der Waals surface area contributed by atoms with E-state index >= 15 is 0 Å². The zero-order valence-electron chi connectivity index (χ0n) is 13.5. The molecular weight excluding hydrogens is 407 g/mol. The molecule has 2 aliphatic heterocycles. The number of nitrogens with zero attached hydrogens (tertiary/aromatic N) is 3. The van der Waals surface area contributed by atoms with Gasteiger partial charge in [0.25, 0.3) is 0 Å². The van der Waals surface area contributed by atoms with E-state index in [0.717, 1.165) is 32.1 Å². The molecule has 0 aliphatic carbocycles. The number of likely N-dealkylation sites (tertiary alicyclic amines) is 1. The number of hydrogen-bond acceptors (Lipinski definition) is 3. The highest BCUT2D eigenvalue weighted by atomic mass is 127. The van der Waals surface area contributed by atoms with Crippen molar-refractivity contribution in [1.82, 2.24) is 15.1 Å². The maximum Gasteiger partial charge on any atom is 0.193 e. The predicted molar refractivity (Wildman–Crippen MR) is 105 cm³/mol. The van der Waals surface area contributed by atoms with Gasteiger partial charge in [0.2, 0.25) is 0 Å². The molecule has 22 heavy (non-hydrogen) atoms. The van der Waals surface area contributed by atoms with Gasteiger partial charge in [0.1, 0.15) is 0 Å². The Bertz CT molecular complexity index is 496. The van der Waals surface area contributed by atoms with Gasteiger partial charge in [0.15, 0.2) is 5.96 Å². The molecule has 1 aromatic rings. The lowest BCUT2D eigenvalue weighted by Gasteiger charge is -2.33. The summed E-state index contributed by atoms with van der Waals surface area (Å²) in [5, 5.41) is 5.79. The third-order valence-corrected chi connectivity index (χ3v) is 5.66. The molecule has 6 heteroatoms. The average molecular weight is 434 g/mol. The van der Waals surface area contributed by atoms with Crippen LogP contribution in [0, 0.1) is 0 Å². The lowest BCUT2D eigenvalue weighted by Crippen LogP contribution is -2.47. The molecule has 2 aliphatic rings. The summed E-state index contributed by atoms with van der Waals surface area (Å²) < 4.78 is 0. The van der Waals surface area contributed by atoms with Crippen LogP contribution in [-0.2, 0) is 13.0 Å². The van der Waals surface area contributed by atoms with Gasteiger partial charge in [0.05, 0.1) is 0 Å². The average Bonchev–Trinajstić information content (AvgIpc) is 3.18. The summed E-state index contributed by atoms with van der Waals surface area (Å²) >= 11 is 1.91. The summed E-state index contributed by atoms with van der Waals surface area (Å²) in [6.45, 7) is 7.87. The van der Waals surface area contributed by atoms with Gasteiger partial charge in [-0.25, -0.2) is 0 Å². The summed E-state index contributed by atoms with van der Waals surface area (Å²) in [4.78, 5) is 11.0. The number of aliphatic imine (C=N–C) groups is 1. The van der Waals surface area contributed by atoms with Crippen molar-refractivity contribution in [2.75, 3.05) is 33.2 Å². The van der Waals surface area contributed by atoms with Crippen LogP contribution in [0.1, 0.15) is 30.2 Å². The molecular formula is C16H27IN4S. The molecule has 1 atom stereocenters. The predicted octanol–water partition coefficient (Wildman–Crippen LogP) is 2.78. The highest BCUT2D eigenvalue weighted by Gasteiger charge is 2.22. The zero-order chi connectivity index (χ0) is 14.7. The summed E-state index contributed by atoms with van der Waals surface area (Å²) in [5.41, 5.74) is 1.53. The van der Waals surface area contributed by atoms with Crippen molar-refractivity contribution in [3.05, 3.63) is 21.9 Å². The second kappa shape index (κ2) is 8.49. The number of thiophene rings is 1. The van der Waals surface area contributed by atoms with E-state index < -0.39 is 0 Å². The van der Waals surface area contributed by atoms with Gasteiger partial charge >= 0.3 is 0 Å². The lowest BCUT2D eigenvalue weighted by molar-refractivity contribution is 0.192. The van der Waals surface area contributed by atoms with Crippen molar-refractivity contribution < 1.29 is 0 Å². The quantitative estimate of drug-likeness (QED) is 0.451. The van der Waals surface area contributed by atoms with E-state index in [-0.39, 0.29) is 24.0 Å². The molecule has 0 spiro atoms. The van der Waals surface area contributed by atoms with Crippen molar-refractivity contribution in [3.63, 3.8) is 0 Å². The van der Waals surface area contributed by atoms with Crippen molar-refractivity contribution >= 4 is 41.3 Å². The first-order chi connectivity index (χ1) is 10.3. The molecule has 124 valence electrons. The Morgan fingerprint density at radius 2 is 2.14 bits per heavy atom. The Hall–Kier alpha value is -0.340. The molecule has 1 saturated heterocycles. The molecule has 0 radical (unpaired) electrons. The first-order valence-corrected chi connectivity index (χ1v) is 8.91. The van der Waals surface area contributed by atoms with Crippen LogP contribution < -0.4 is 5.32 Å². The van der Waals surface area contributed by atoms with Gasteiger partial charge in [-0.05, 0) is 43.2 Å². The Morgan fingerprint density at radius 1 is 1.36 bits per heavy atom. The number of fused-ring (bicyclic) bond motifs is 1. The number of hydrogen-bond donors (Lipinski definition) is 1. The normalized spacial score (nSPS) is 20.5. The third kappa shape index (κ3) is 4.14. The molecule has 4 nitrogen and oxygen atoms in total. The van der Waals surface area contributed by atoms with Gasteiger partial charge in [-0.1, -0.05) is 0 Å². The number of guanidine groups is 1. The van der Waals surface area contributed by atoms with Crippen LogP contribution in [0.4, 0.5) is 0 Å². The Labute approximate surface area is 155 Å².